The molecule has 1 heterocycles. The van der Waals surface area contributed by atoms with E-state index >= 15 is 0 Å². The summed E-state index contributed by atoms with van der Waals surface area (Å²) >= 11 is 0. The van der Waals surface area contributed by atoms with Crippen LogP contribution in [0.15, 0.2) is 23.1 Å². The van der Waals surface area contributed by atoms with Crippen molar-refractivity contribution in [3.63, 3.8) is 0 Å². The first-order chi connectivity index (χ1) is 8.82. The predicted molar refractivity (Wildman–Crippen MR) is 71.7 cm³/mol. The number of benzene rings is 1. The van der Waals surface area contributed by atoms with Crippen molar-refractivity contribution >= 4 is 10.0 Å². The average molecular weight is 286 g/mol. The van der Waals surface area contributed by atoms with Gasteiger partial charge in [0.2, 0.25) is 10.0 Å². The molecular weight excluding hydrogens is 267 g/mol. The van der Waals surface area contributed by atoms with Gasteiger partial charge in [-0.2, -0.15) is 4.31 Å². The number of nitrogens with two attached hydrogens (primary N) is 1. The quantitative estimate of drug-likeness (QED) is 0.899. The summed E-state index contributed by atoms with van der Waals surface area (Å²) in [6.45, 7) is 3.90. The maximum Gasteiger partial charge on any atom is 0.246 e. The fourth-order valence-corrected chi connectivity index (χ4v) is 4.29. The molecule has 0 aromatic heterocycles. The number of sulfonamides is 1. The molecule has 0 aliphatic carbocycles. The lowest BCUT2D eigenvalue weighted by Gasteiger charge is -2.35. The van der Waals surface area contributed by atoms with E-state index < -0.39 is 15.8 Å². The zero-order chi connectivity index (χ0) is 14.2. The third kappa shape index (κ3) is 2.80. The second kappa shape index (κ2) is 5.19. The van der Waals surface area contributed by atoms with Crippen LogP contribution in [0, 0.1) is 12.7 Å². The minimum Gasteiger partial charge on any atom is -0.328 e. The summed E-state index contributed by atoms with van der Waals surface area (Å²) in [6.07, 6.45) is 1.21. The van der Waals surface area contributed by atoms with Gasteiger partial charge in [0.1, 0.15) is 10.7 Å². The molecule has 1 aromatic rings. The van der Waals surface area contributed by atoms with Crippen molar-refractivity contribution in [1.29, 1.82) is 0 Å². The van der Waals surface area contributed by atoms with Gasteiger partial charge in [-0.1, -0.05) is 6.07 Å². The van der Waals surface area contributed by atoms with Crippen LogP contribution in [-0.4, -0.2) is 31.4 Å². The number of hydrogen-bond acceptors (Lipinski definition) is 3. The molecule has 0 amide bonds. The Labute approximate surface area is 113 Å². The first-order valence-corrected chi connectivity index (χ1v) is 7.80. The molecule has 0 spiro atoms. The first kappa shape index (κ1) is 14.4. The highest BCUT2D eigenvalue weighted by molar-refractivity contribution is 7.89. The highest BCUT2D eigenvalue weighted by Crippen LogP contribution is 2.26. The summed E-state index contributed by atoms with van der Waals surface area (Å²) in [5, 5.41) is 0. The van der Waals surface area contributed by atoms with Gasteiger partial charge < -0.3 is 5.73 Å². The molecule has 1 aliphatic rings. The Morgan fingerprint density at radius 2 is 2.11 bits per heavy atom. The van der Waals surface area contributed by atoms with Crippen molar-refractivity contribution in [2.75, 3.05) is 6.54 Å². The van der Waals surface area contributed by atoms with E-state index in [0.29, 0.717) is 19.4 Å². The third-order valence-electron chi connectivity index (χ3n) is 3.53. The molecule has 1 aliphatic heterocycles. The lowest BCUT2D eigenvalue weighted by Crippen LogP contribution is -2.48. The van der Waals surface area contributed by atoms with E-state index in [1.165, 1.54) is 16.4 Å². The summed E-state index contributed by atoms with van der Waals surface area (Å²) in [7, 11) is -3.79. The Balaban J connectivity index is 2.39. The van der Waals surface area contributed by atoms with E-state index in [9.17, 15) is 12.8 Å². The summed E-state index contributed by atoms with van der Waals surface area (Å²) in [5.74, 6) is -0.701. The molecular formula is C13H19FN2O2S. The van der Waals surface area contributed by atoms with Crippen molar-refractivity contribution in [3.05, 3.63) is 29.6 Å². The summed E-state index contributed by atoms with van der Waals surface area (Å²) < 4.78 is 40.2. The minimum atomic E-state index is -3.79. The summed E-state index contributed by atoms with van der Waals surface area (Å²) in [4.78, 5) is -0.241. The number of piperidine rings is 1. The topological polar surface area (TPSA) is 63.4 Å². The van der Waals surface area contributed by atoms with Crippen molar-refractivity contribution in [3.8, 4) is 0 Å². The maximum atomic E-state index is 13.8. The fraction of sp³-hybridized carbons (Fsp3) is 0.538. The Kier molecular flexibility index (Phi) is 3.94. The first-order valence-electron chi connectivity index (χ1n) is 6.36. The summed E-state index contributed by atoms with van der Waals surface area (Å²) in [5.41, 5.74) is 6.55. The van der Waals surface area contributed by atoms with Gasteiger partial charge in [-0.3, -0.25) is 0 Å². The van der Waals surface area contributed by atoms with Crippen LogP contribution in [0.25, 0.3) is 0 Å². The molecule has 0 radical (unpaired) electrons. The Bertz CT molecular complexity index is 574. The zero-order valence-electron chi connectivity index (χ0n) is 11.1. The molecule has 2 atom stereocenters. The van der Waals surface area contributed by atoms with E-state index in [2.05, 4.69) is 0 Å². The standard InChI is InChI=1S/C13H19FN2O2S/c1-9-3-4-12(14)13(7-9)19(17,18)16-6-5-11(15)8-10(16)2/h3-4,7,10-11H,5-6,8,15H2,1-2H3/t10-,11-/m1/s1. The molecule has 0 bridgehead atoms. The van der Waals surface area contributed by atoms with Crippen LogP contribution in [-0.2, 0) is 10.0 Å². The van der Waals surface area contributed by atoms with Crippen LogP contribution in [0.2, 0.25) is 0 Å². The van der Waals surface area contributed by atoms with Crippen LogP contribution in [0.4, 0.5) is 4.39 Å². The van der Waals surface area contributed by atoms with E-state index in [1.807, 2.05) is 6.92 Å². The predicted octanol–water partition coefficient (Wildman–Crippen LogP) is 1.63. The van der Waals surface area contributed by atoms with Crippen LogP contribution >= 0.6 is 0 Å². The fourth-order valence-electron chi connectivity index (χ4n) is 2.48. The van der Waals surface area contributed by atoms with Crippen LogP contribution < -0.4 is 5.73 Å². The molecule has 0 unspecified atom stereocenters. The zero-order valence-corrected chi connectivity index (χ0v) is 12.0. The monoisotopic (exact) mass is 286 g/mol. The smallest absolute Gasteiger partial charge is 0.246 e. The molecule has 6 heteroatoms. The highest BCUT2D eigenvalue weighted by atomic mass is 32.2. The Morgan fingerprint density at radius 1 is 1.42 bits per heavy atom. The molecule has 4 nitrogen and oxygen atoms in total. The van der Waals surface area contributed by atoms with Gasteiger partial charge >= 0.3 is 0 Å². The van der Waals surface area contributed by atoms with Crippen molar-refractivity contribution in [2.24, 2.45) is 5.73 Å². The highest BCUT2D eigenvalue weighted by Gasteiger charge is 2.34. The van der Waals surface area contributed by atoms with Gasteiger partial charge in [0, 0.05) is 18.6 Å². The van der Waals surface area contributed by atoms with Crippen LogP contribution in [0.3, 0.4) is 0 Å². The van der Waals surface area contributed by atoms with Crippen molar-refractivity contribution in [1.82, 2.24) is 4.31 Å². The van der Waals surface area contributed by atoms with Crippen molar-refractivity contribution < 1.29 is 12.8 Å². The van der Waals surface area contributed by atoms with E-state index in [0.717, 1.165) is 5.56 Å². The molecule has 19 heavy (non-hydrogen) atoms. The maximum absolute atomic E-state index is 13.8. The van der Waals surface area contributed by atoms with Crippen LogP contribution in [0.1, 0.15) is 25.3 Å². The number of nitrogens with zero attached hydrogens (tertiary/aromatic N) is 1. The van der Waals surface area contributed by atoms with Gasteiger partial charge in [0.25, 0.3) is 0 Å². The number of aryl methyl sites for hydroxylation is 1. The molecule has 2 N–H and O–H groups in total. The van der Waals surface area contributed by atoms with Gasteiger partial charge in [0.05, 0.1) is 0 Å². The molecule has 1 fully saturated rings. The van der Waals surface area contributed by atoms with E-state index in [4.69, 9.17) is 5.73 Å². The van der Waals surface area contributed by atoms with Crippen LogP contribution in [0.5, 0.6) is 0 Å². The average Bonchev–Trinajstić information content (AvgIpc) is 2.31. The third-order valence-corrected chi connectivity index (χ3v) is 5.56. The number of halogens is 1. The van der Waals surface area contributed by atoms with Gasteiger partial charge in [-0.25, -0.2) is 12.8 Å². The van der Waals surface area contributed by atoms with Gasteiger partial charge in [-0.15, -0.1) is 0 Å². The minimum absolute atomic E-state index is 0.0174. The second-order valence-corrected chi connectivity index (χ2v) is 7.04. The van der Waals surface area contributed by atoms with Crippen molar-refractivity contribution in [2.45, 2.75) is 43.7 Å². The molecule has 1 aromatic carbocycles. The lowest BCUT2D eigenvalue weighted by atomic mass is 10.0. The molecule has 2 rings (SSSR count). The normalized spacial score (nSPS) is 25.5. The largest absolute Gasteiger partial charge is 0.328 e. The number of hydrogen-bond donors (Lipinski definition) is 1. The number of rotatable bonds is 2. The molecule has 0 saturated carbocycles. The van der Waals surface area contributed by atoms with Gasteiger partial charge in [-0.05, 0) is 44.4 Å². The SMILES string of the molecule is Cc1ccc(F)c(S(=O)(=O)N2CC[C@@H](N)C[C@H]2C)c1. The molecule has 106 valence electrons. The van der Waals surface area contributed by atoms with E-state index in [-0.39, 0.29) is 17.0 Å². The lowest BCUT2D eigenvalue weighted by molar-refractivity contribution is 0.246. The van der Waals surface area contributed by atoms with E-state index in [1.54, 1.807) is 13.0 Å². The van der Waals surface area contributed by atoms with Gasteiger partial charge in [0.15, 0.2) is 0 Å². The Hall–Kier alpha value is -0.980. The second-order valence-electron chi connectivity index (χ2n) is 5.18. The molecule has 1 saturated heterocycles. The summed E-state index contributed by atoms with van der Waals surface area (Å²) in [6, 6.07) is 3.95. The Morgan fingerprint density at radius 3 is 2.74 bits per heavy atom.